The fraction of sp³-hybridized carbons (Fsp3) is 0.250. The van der Waals surface area contributed by atoms with Gasteiger partial charge in [0.15, 0.2) is 0 Å². The van der Waals surface area contributed by atoms with Gasteiger partial charge in [-0.05, 0) is 46.4 Å². The van der Waals surface area contributed by atoms with Crippen LogP contribution in [0.4, 0.5) is 0 Å². The van der Waals surface area contributed by atoms with Gasteiger partial charge in [-0.3, -0.25) is 0 Å². The minimum Gasteiger partial charge on any atom is -0.491 e. The highest BCUT2D eigenvalue weighted by molar-refractivity contribution is 14.1. The monoisotopic (exact) mass is 383 g/mol. The molecule has 0 saturated heterocycles. The van der Waals surface area contributed by atoms with Crippen molar-refractivity contribution >= 4 is 22.6 Å². The Morgan fingerprint density at radius 2 is 1.75 bits per heavy atom. The summed E-state index contributed by atoms with van der Waals surface area (Å²) in [5, 5.41) is 0. The van der Waals surface area contributed by atoms with E-state index in [4.69, 9.17) is 15.2 Å². The van der Waals surface area contributed by atoms with Crippen LogP contribution in [0.5, 0.6) is 5.75 Å². The summed E-state index contributed by atoms with van der Waals surface area (Å²) < 4.78 is 11.9. The lowest BCUT2D eigenvalue weighted by Gasteiger charge is -2.17. The van der Waals surface area contributed by atoms with E-state index in [2.05, 4.69) is 46.9 Å². The summed E-state index contributed by atoms with van der Waals surface area (Å²) in [4.78, 5) is 0. The molecule has 0 aliphatic heterocycles. The van der Waals surface area contributed by atoms with Gasteiger partial charge in [-0.2, -0.15) is 0 Å². The highest BCUT2D eigenvalue weighted by Crippen LogP contribution is 2.28. The highest BCUT2D eigenvalue weighted by Gasteiger charge is 2.13. The average molecular weight is 383 g/mol. The maximum absolute atomic E-state index is 6.36. The van der Waals surface area contributed by atoms with Crippen LogP contribution in [0.15, 0.2) is 48.5 Å². The van der Waals surface area contributed by atoms with Crippen LogP contribution in [-0.4, -0.2) is 20.3 Å². The van der Waals surface area contributed by atoms with E-state index < -0.39 is 0 Å². The summed E-state index contributed by atoms with van der Waals surface area (Å²) in [6.07, 6.45) is 0. The summed E-state index contributed by atoms with van der Waals surface area (Å²) in [5.74, 6) is 0.815. The number of hydrogen-bond donors (Lipinski definition) is 1. The first-order valence-corrected chi connectivity index (χ1v) is 7.52. The van der Waals surface area contributed by atoms with Crippen LogP contribution in [-0.2, 0) is 4.74 Å². The van der Waals surface area contributed by atoms with Crippen molar-refractivity contribution in [3.8, 4) is 5.75 Å². The zero-order valence-corrected chi connectivity index (χ0v) is 13.5. The van der Waals surface area contributed by atoms with Gasteiger partial charge >= 0.3 is 0 Å². The molecular formula is C16H18INO2. The van der Waals surface area contributed by atoms with E-state index >= 15 is 0 Å². The summed E-state index contributed by atoms with van der Waals surface area (Å²) in [5.41, 5.74) is 8.43. The molecule has 20 heavy (non-hydrogen) atoms. The molecule has 1 atom stereocenters. The number of methoxy groups -OCH3 is 1. The normalized spacial score (nSPS) is 12.2. The molecule has 3 nitrogen and oxygen atoms in total. The first kappa shape index (κ1) is 15.3. The number of hydrogen-bond acceptors (Lipinski definition) is 3. The molecular weight excluding hydrogens is 365 g/mol. The van der Waals surface area contributed by atoms with Gasteiger partial charge in [0.05, 0.1) is 12.6 Å². The van der Waals surface area contributed by atoms with Gasteiger partial charge in [-0.15, -0.1) is 0 Å². The molecule has 0 saturated carbocycles. The molecule has 2 N–H and O–H groups in total. The zero-order valence-electron chi connectivity index (χ0n) is 11.4. The van der Waals surface area contributed by atoms with Crippen LogP contribution in [0, 0.1) is 3.57 Å². The fourth-order valence-corrected chi connectivity index (χ4v) is 2.31. The Hall–Kier alpha value is -1.11. The number of halogens is 1. The smallest absolute Gasteiger partial charge is 0.124 e. The van der Waals surface area contributed by atoms with E-state index in [-0.39, 0.29) is 6.04 Å². The highest BCUT2D eigenvalue weighted by atomic mass is 127. The standard InChI is InChI=1S/C16H18INO2/c1-19-10-11-20-15-5-3-2-4-14(15)16(18)12-6-8-13(17)9-7-12/h2-9,16H,10-11,18H2,1H3. The molecule has 0 aromatic heterocycles. The van der Waals surface area contributed by atoms with Crippen LogP contribution in [0.1, 0.15) is 17.2 Å². The van der Waals surface area contributed by atoms with Crippen LogP contribution in [0.3, 0.4) is 0 Å². The predicted octanol–water partition coefficient (Wildman–Crippen LogP) is 3.36. The van der Waals surface area contributed by atoms with Crippen molar-refractivity contribution in [2.24, 2.45) is 5.73 Å². The first-order valence-electron chi connectivity index (χ1n) is 6.44. The molecule has 4 heteroatoms. The average Bonchev–Trinajstić information content (AvgIpc) is 2.48. The van der Waals surface area contributed by atoms with E-state index in [1.807, 2.05) is 24.3 Å². The first-order chi connectivity index (χ1) is 9.72. The van der Waals surface area contributed by atoms with Crippen molar-refractivity contribution in [2.45, 2.75) is 6.04 Å². The number of nitrogens with two attached hydrogens (primary N) is 1. The molecule has 0 heterocycles. The van der Waals surface area contributed by atoms with E-state index in [0.717, 1.165) is 16.9 Å². The molecule has 2 aromatic carbocycles. The van der Waals surface area contributed by atoms with Crippen molar-refractivity contribution in [1.82, 2.24) is 0 Å². The molecule has 0 spiro atoms. The molecule has 0 aliphatic rings. The molecule has 1 unspecified atom stereocenters. The third kappa shape index (κ3) is 3.94. The zero-order chi connectivity index (χ0) is 14.4. The predicted molar refractivity (Wildman–Crippen MR) is 89.0 cm³/mol. The van der Waals surface area contributed by atoms with Crippen molar-refractivity contribution < 1.29 is 9.47 Å². The second-order valence-corrected chi connectivity index (χ2v) is 5.65. The Morgan fingerprint density at radius 1 is 1.05 bits per heavy atom. The number of ether oxygens (including phenoxy) is 2. The number of rotatable bonds is 6. The molecule has 0 bridgehead atoms. The Morgan fingerprint density at radius 3 is 2.45 bits per heavy atom. The topological polar surface area (TPSA) is 44.5 Å². The minimum absolute atomic E-state index is 0.189. The molecule has 0 amide bonds. The Kier molecular flexibility index (Phi) is 5.82. The third-order valence-corrected chi connectivity index (χ3v) is 3.75. The van der Waals surface area contributed by atoms with Crippen molar-refractivity contribution in [3.63, 3.8) is 0 Å². The molecule has 2 aromatic rings. The minimum atomic E-state index is -0.189. The van der Waals surface area contributed by atoms with E-state index in [0.29, 0.717) is 13.2 Å². The summed E-state index contributed by atoms with van der Waals surface area (Å²) >= 11 is 2.28. The Labute approximate surface area is 133 Å². The molecule has 2 rings (SSSR count). The van der Waals surface area contributed by atoms with Crippen LogP contribution < -0.4 is 10.5 Å². The quantitative estimate of drug-likeness (QED) is 0.615. The van der Waals surface area contributed by atoms with E-state index in [9.17, 15) is 0 Å². The van der Waals surface area contributed by atoms with Gasteiger partial charge in [0.2, 0.25) is 0 Å². The number of para-hydroxylation sites is 1. The summed E-state index contributed by atoms with van der Waals surface area (Å²) in [7, 11) is 1.66. The van der Waals surface area contributed by atoms with Gasteiger partial charge in [0.1, 0.15) is 12.4 Å². The maximum Gasteiger partial charge on any atom is 0.124 e. The Balaban J connectivity index is 2.20. The van der Waals surface area contributed by atoms with E-state index in [1.165, 1.54) is 3.57 Å². The lowest BCUT2D eigenvalue weighted by atomic mass is 9.99. The molecule has 0 aliphatic carbocycles. The van der Waals surface area contributed by atoms with Gasteiger partial charge in [-0.25, -0.2) is 0 Å². The Bertz CT molecular complexity index is 542. The van der Waals surface area contributed by atoms with Gasteiger partial charge in [0.25, 0.3) is 0 Å². The fourth-order valence-electron chi connectivity index (χ4n) is 1.95. The molecule has 0 radical (unpaired) electrons. The lowest BCUT2D eigenvalue weighted by molar-refractivity contribution is 0.145. The van der Waals surface area contributed by atoms with Gasteiger partial charge < -0.3 is 15.2 Å². The van der Waals surface area contributed by atoms with Gasteiger partial charge in [-0.1, -0.05) is 30.3 Å². The SMILES string of the molecule is COCCOc1ccccc1C(N)c1ccc(I)cc1. The number of benzene rings is 2. The maximum atomic E-state index is 6.36. The van der Waals surface area contributed by atoms with Crippen LogP contribution in [0.2, 0.25) is 0 Å². The second-order valence-electron chi connectivity index (χ2n) is 4.41. The molecule has 106 valence electrons. The third-order valence-electron chi connectivity index (χ3n) is 3.03. The van der Waals surface area contributed by atoms with Crippen LogP contribution in [0.25, 0.3) is 0 Å². The summed E-state index contributed by atoms with van der Waals surface area (Å²) in [6, 6.07) is 15.9. The van der Waals surface area contributed by atoms with Crippen molar-refractivity contribution in [2.75, 3.05) is 20.3 Å². The second kappa shape index (κ2) is 7.61. The summed E-state index contributed by atoms with van der Waals surface area (Å²) in [6.45, 7) is 1.08. The van der Waals surface area contributed by atoms with Crippen molar-refractivity contribution in [1.29, 1.82) is 0 Å². The van der Waals surface area contributed by atoms with E-state index in [1.54, 1.807) is 7.11 Å². The largest absolute Gasteiger partial charge is 0.491 e. The molecule has 0 fully saturated rings. The van der Waals surface area contributed by atoms with Crippen molar-refractivity contribution in [3.05, 3.63) is 63.2 Å². The lowest BCUT2D eigenvalue weighted by Crippen LogP contribution is -2.14. The van der Waals surface area contributed by atoms with Gasteiger partial charge in [0, 0.05) is 16.2 Å². The van der Waals surface area contributed by atoms with Crippen LogP contribution >= 0.6 is 22.6 Å².